The van der Waals surface area contributed by atoms with Crippen molar-refractivity contribution in [2.24, 2.45) is 5.41 Å². The predicted octanol–water partition coefficient (Wildman–Crippen LogP) is 2.88. The van der Waals surface area contributed by atoms with E-state index in [0.717, 1.165) is 25.7 Å². The lowest BCUT2D eigenvalue weighted by molar-refractivity contribution is -0.153. The van der Waals surface area contributed by atoms with Gasteiger partial charge in [-0.1, -0.05) is 0 Å². The van der Waals surface area contributed by atoms with Gasteiger partial charge in [-0.15, -0.1) is 11.3 Å². The first-order chi connectivity index (χ1) is 10.0. The van der Waals surface area contributed by atoms with Gasteiger partial charge in [-0.2, -0.15) is 0 Å². The van der Waals surface area contributed by atoms with Crippen LogP contribution in [-0.4, -0.2) is 35.0 Å². The van der Waals surface area contributed by atoms with E-state index < -0.39 is 11.4 Å². The molecule has 2 heterocycles. The number of aryl methyl sites for hydroxylation is 1. The number of likely N-dealkylation sites (tertiary alicyclic amines) is 1. The third kappa shape index (κ3) is 2.59. The maximum absolute atomic E-state index is 12.9. The molecule has 2 aliphatic rings. The molecule has 21 heavy (non-hydrogen) atoms. The fourth-order valence-corrected chi connectivity index (χ4v) is 4.55. The standard InChI is InChI=1S/C16H21NO3S/c1-16(15(19)20)7-3-8-17(10-16)14(18)12-4-2-5-13-11(12)6-9-21-13/h6,9,12H,2-5,7-8,10H2,1H3,(H,19,20). The number of hydrogen-bond donors (Lipinski definition) is 1. The van der Waals surface area contributed by atoms with Crippen LogP contribution in [0.5, 0.6) is 0 Å². The topological polar surface area (TPSA) is 57.6 Å². The van der Waals surface area contributed by atoms with Gasteiger partial charge < -0.3 is 10.0 Å². The van der Waals surface area contributed by atoms with Gasteiger partial charge in [0.05, 0.1) is 11.3 Å². The van der Waals surface area contributed by atoms with Crippen molar-refractivity contribution in [2.75, 3.05) is 13.1 Å². The lowest BCUT2D eigenvalue weighted by atomic mass is 9.80. The molecular formula is C16H21NO3S. The molecule has 1 aliphatic heterocycles. The van der Waals surface area contributed by atoms with E-state index in [1.54, 1.807) is 23.2 Å². The fraction of sp³-hybridized carbons (Fsp3) is 0.625. The van der Waals surface area contributed by atoms with Crippen LogP contribution in [0.2, 0.25) is 0 Å². The first kappa shape index (κ1) is 14.6. The normalized spacial score (nSPS) is 29.0. The van der Waals surface area contributed by atoms with E-state index in [2.05, 4.69) is 11.4 Å². The number of carbonyl (C=O) groups excluding carboxylic acids is 1. The first-order valence-electron chi connectivity index (χ1n) is 7.60. The van der Waals surface area contributed by atoms with E-state index in [0.29, 0.717) is 19.5 Å². The van der Waals surface area contributed by atoms with Gasteiger partial charge in [0.2, 0.25) is 5.91 Å². The number of carboxylic acids is 1. The molecule has 5 heteroatoms. The molecular weight excluding hydrogens is 286 g/mol. The molecule has 0 aromatic carbocycles. The molecule has 0 radical (unpaired) electrons. The van der Waals surface area contributed by atoms with Gasteiger partial charge >= 0.3 is 5.97 Å². The van der Waals surface area contributed by atoms with Crippen LogP contribution in [0.4, 0.5) is 0 Å². The van der Waals surface area contributed by atoms with Crippen LogP contribution in [0.1, 0.15) is 49.0 Å². The van der Waals surface area contributed by atoms with E-state index in [9.17, 15) is 14.7 Å². The van der Waals surface area contributed by atoms with Crippen LogP contribution in [0.3, 0.4) is 0 Å². The van der Waals surface area contributed by atoms with Crippen molar-refractivity contribution in [1.29, 1.82) is 0 Å². The second-order valence-electron chi connectivity index (χ2n) is 6.47. The van der Waals surface area contributed by atoms with Crippen molar-refractivity contribution >= 4 is 23.2 Å². The maximum atomic E-state index is 12.9. The molecule has 1 aromatic heterocycles. The highest BCUT2D eigenvalue weighted by Gasteiger charge is 2.41. The van der Waals surface area contributed by atoms with Crippen LogP contribution < -0.4 is 0 Å². The van der Waals surface area contributed by atoms with Gasteiger partial charge in [0.15, 0.2) is 0 Å². The molecule has 2 atom stereocenters. The Morgan fingerprint density at radius 2 is 2.24 bits per heavy atom. The highest BCUT2D eigenvalue weighted by atomic mass is 32.1. The molecule has 0 saturated carbocycles. The number of rotatable bonds is 2. The number of carbonyl (C=O) groups is 2. The van der Waals surface area contributed by atoms with Crippen molar-refractivity contribution in [3.8, 4) is 0 Å². The molecule has 114 valence electrons. The second-order valence-corrected chi connectivity index (χ2v) is 7.47. The molecule has 1 N–H and O–H groups in total. The summed E-state index contributed by atoms with van der Waals surface area (Å²) in [6.45, 7) is 2.79. The zero-order valence-corrected chi connectivity index (χ0v) is 13.1. The molecule has 1 saturated heterocycles. The average molecular weight is 307 g/mol. The number of carboxylic acid groups (broad SMARTS) is 1. The molecule has 1 fully saturated rings. The molecule has 2 unspecified atom stereocenters. The molecule has 1 amide bonds. The summed E-state index contributed by atoms with van der Waals surface area (Å²) in [5.74, 6) is -0.725. The summed E-state index contributed by atoms with van der Waals surface area (Å²) in [7, 11) is 0. The monoisotopic (exact) mass is 307 g/mol. The summed E-state index contributed by atoms with van der Waals surface area (Å²) in [5, 5.41) is 11.5. The molecule has 0 spiro atoms. The Morgan fingerprint density at radius 3 is 3.00 bits per heavy atom. The molecule has 1 aliphatic carbocycles. The van der Waals surface area contributed by atoms with Gasteiger partial charge in [-0.25, -0.2) is 0 Å². The Bertz CT molecular complexity index is 568. The lowest BCUT2D eigenvalue weighted by Crippen LogP contribution is -2.49. The zero-order valence-electron chi connectivity index (χ0n) is 12.3. The number of amides is 1. The van der Waals surface area contributed by atoms with Gasteiger partial charge in [-0.05, 0) is 56.0 Å². The van der Waals surface area contributed by atoms with E-state index in [1.807, 2.05) is 0 Å². The van der Waals surface area contributed by atoms with Gasteiger partial charge in [0.25, 0.3) is 0 Å². The molecule has 0 bridgehead atoms. The number of piperidine rings is 1. The van der Waals surface area contributed by atoms with E-state index in [4.69, 9.17) is 0 Å². The predicted molar refractivity (Wildman–Crippen MR) is 81.6 cm³/mol. The minimum absolute atomic E-state index is 0.0591. The Labute approximate surface area is 128 Å². The summed E-state index contributed by atoms with van der Waals surface area (Å²) >= 11 is 1.73. The average Bonchev–Trinajstić information content (AvgIpc) is 2.94. The zero-order chi connectivity index (χ0) is 15.0. The van der Waals surface area contributed by atoms with Gasteiger partial charge in [0, 0.05) is 18.0 Å². The molecule has 3 rings (SSSR count). The Kier molecular flexibility index (Phi) is 3.78. The summed E-state index contributed by atoms with van der Waals surface area (Å²) in [4.78, 5) is 27.4. The Balaban J connectivity index is 1.79. The van der Waals surface area contributed by atoms with Crippen LogP contribution >= 0.6 is 11.3 Å². The molecule has 1 aromatic rings. The van der Waals surface area contributed by atoms with Crippen LogP contribution in [0.25, 0.3) is 0 Å². The second kappa shape index (κ2) is 5.44. The number of hydrogen-bond acceptors (Lipinski definition) is 3. The summed E-state index contributed by atoms with van der Waals surface area (Å²) in [6.07, 6.45) is 4.44. The highest BCUT2D eigenvalue weighted by Crippen LogP contribution is 2.38. The van der Waals surface area contributed by atoms with Crippen molar-refractivity contribution < 1.29 is 14.7 Å². The van der Waals surface area contributed by atoms with Crippen molar-refractivity contribution in [1.82, 2.24) is 4.90 Å². The fourth-order valence-electron chi connectivity index (χ4n) is 3.57. The number of fused-ring (bicyclic) bond motifs is 1. The maximum Gasteiger partial charge on any atom is 0.311 e. The number of nitrogens with zero attached hydrogens (tertiary/aromatic N) is 1. The third-order valence-electron chi connectivity index (χ3n) is 4.87. The largest absolute Gasteiger partial charge is 0.481 e. The minimum atomic E-state index is -0.792. The van der Waals surface area contributed by atoms with Crippen LogP contribution in [0, 0.1) is 5.41 Å². The third-order valence-corrected chi connectivity index (χ3v) is 5.87. The quantitative estimate of drug-likeness (QED) is 0.914. The molecule has 4 nitrogen and oxygen atoms in total. The lowest BCUT2D eigenvalue weighted by Gasteiger charge is -2.39. The van der Waals surface area contributed by atoms with Crippen LogP contribution in [0.15, 0.2) is 11.4 Å². The van der Waals surface area contributed by atoms with Crippen molar-refractivity contribution in [3.63, 3.8) is 0 Å². The van der Waals surface area contributed by atoms with Crippen LogP contribution in [-0.2, 0) is 16.0 Å². The SMILES string of the molecule is CC1(C(=O)O)CCCN(C(=O)C2CCCc3sccc32)C1. The van der Waals surface area contributed by atoms with Gasteiger partial charge in [-0.3, -0.25) is 9.59 Å². The van der Waals surface area contributed by atoms with E-state index in [-0.39, 0.29) is 11.8 Å². The highest BCUT2D eigenvalue weighted by molar-refractivity contribution is 7.10. The van der Waals surface area contributed by atoms with E-state index >= 15 is 0 Å². The summed E-state index contributed by atoms with van der Waals surface area (Å²) in [5.41, 5.74) is 0.388. The van der Waals surface area contributed by atoms with Crippen molar-refractivity contribution in [2.45, 2.75) is 44.9 Å². The van der Waals surface area contributed by atoms with Gasteiger partial charge in [0.1, 0.15) is 0 Å². The smallest absolute Gasteiger partial charge is 0.311 e. The Morgan fingerprint density at radius 1 is 1.43 bits per heavy atom. The van der Waals surface area contributed by atoms with E-state index in [1.165, 1.54) is 10.4 Å². The number of aliphatic carboxylic acids is 1. The van der Waals surface area contributed by atoms with Crippen molar-refractivity contribution in [3.05, 3.63) is 21.9 Å². The summed E-state index contributed by atoms with van der Waals surface area (Å²) < 4.78 is 0. The minimum Gasteiger partial charge on any atom is -0.481 e. The summed E-state index contributed by atoms with van der Waals surface area (Å²) in [6, 6.07) is 2.07. The Hall–Kier alpha value is -1.36. The first-order valence-corrected chi connectivity index (χ1v) is 8.48. The number of thiophene rings is 1.